The quantitative estimate of drug-likeness (QED) is 0.416. The van der Waals surface area contributed by atoms with E-state index in [1.165, 1.54) is 51.4 Å². The highest BCUT2D eigenvalue weighted by atomic mass is 35.5. The van der Waals surface area contributed by atoms with Crippen LogP contribution in [0.4, 0.5) is 0 Å². The standard InChI is InChI=1S/C19H32N2.2ClH/c1-18-9-7-13(20)11-12(18)3-4-14-15-5-6-17(21)19(15,2)10-8-16(14)18;;/h3,13-17H,4-11,20-21H2,1-2H3;2*1H. The Morgan fingerprint density at radius 2 is 1.70 bits per heavy atom. The predicted molar refractivity (Wildman–Crippen MR) is 85.1 cm³/mol. The van der Waals surface area contributed by atoms with Crippen molar-refractivity contribution in [2.45, 2.75) is 77.3 Å². The minimum absolute atomic E-state index is 0. The Morgan fingerprint density at radius 1 is 0.957 bits per heavy atom. The molecule has 4 rings (SSSR count). The van der Waals surface area contributed by atoms with Gasteiger partial charge in [-0.25, -0.2) is 0 Å². The maximum absolute atomic E-state index is 4.52. The summed E-state index contributed by atoms with van der Waals surface area (Å²) in [7, 11) is 0. The summed E-state index contributed by atoms with van der Waals surface area (Å²) in [5.74, 6) is 2.85. The van der Waals surface area contributed by atoms with Gasteiger partial charge in [0, 0.05) is 24.7 Å². The van der Waals surface area contributed by atoms with E-state index < -0.39 is 0 Å². The molecule has 134 valence electrons. The molecule has 0 saturated heterocycles. The van der Waals surface area contributed by atoms with Crippen LogP contribution in [-0.2, 0) is 0 Å². The van der Waals surface area contributed by atoms with Crippen molar-refractivity contribution in [1.82, 2.24) is 0 Å². The van der Waals surface area contributed by atoms with Gasteiger partial charge >= 0.3 is 0 Å². The minimum atomic E-state index is 0. The van der Waals surface area contributed by atoms with E-state index in [1.807, 2.05) is 0 Å². The van der Waals surface area contributed by atoms with E-state index in [-0.39, 0.29) is 24.8 Å². The molecule has 0 aromatic carbocycles. The molecule has 0 aromatic rings. The van der Waals surface area contributed by atoms with Crippen molar-refractivity contribution in [3.05, 3.63) is 11.6 Å². The Labute approximate surface area is 154 Å². The van der Waals surface area contributed by atoms with Gasteiger partial charge in [0.1, 0.15) is 0 Å². The van der Waals surface area contributed by atoms with E-state index in [0.717, 1.165) is 17.8 Å². The number of hydrogen-bond acceptors (Lipinski definition) is 0. The van der Waals surface area contributed by atoms with Gasteiger partial charge in [0.05, 0.1) is 12.1 Å². The van der Waals surface area contributed by atoms with Gasteiger partial charge in [-0.1, -0.05) is 25.5 Å². The third-order valence-corrected chi connectivity index (χ3v) is 8.40. The van der Waals surface area contributed by atoms with Crippen LogP contribution >= 0.6 is 0 Å². The zero-order valence-corrected chi connectivity index (χ0v) is 16.3. The summed E-state index contributed by atoms with van der Waals surface area (Å²) < 4.78 is 0. The van der Waals surface area contributed by atoms with Crippen molar-refractivity contribution in [3.63, 3.8) is 0 Å². The van der Waals surface area contributed by atoms with E-state index in [2.05, 4.69) is 31.4 Å². The van der Waals surface area contributed by atoms with Gasteiger partial charge in [-0.05, 0) is 55.3 Å². The van der Waals surface area contributed by atoms with Crippen LogP contribution in [0.2, 0.25) is 0 Å². The SMILES string of the molecule is CC12CCC([NH3+])CC1=CCC1C2CCC2(C)C([NH3+])CCC12.[Cl-].[Cl-]. The van der Waals surface area contributed by atoms with E-state index in [0.29, 0.717) is 22.9 Å². The molecule has 0 heterocycles. The smallest absolute Gasteiger partial charge is 0.0900 e. The Kier molecular flexibility index (Phi) is 5.54. The van der Waals surface area contributed by atoms with Crippen LogP contribution in [0.3, 0.4) is 0 Å². The minimum Gasteiger partial charge on any atom is -1.00 e. The number of rotatable bonds is 0. The normalized spacial score (nSPS) is 51.3. The third kappa shape index (κ3) is 2.69. The number of hydrogen-bond donors (Lipinski definition) is 2. The monoisotopic (exact) mass is 360 g/mol. The van der Waals surface area contributed by atoms with Gasteiger partial charge in [-0.15, -0.1) is 0 Å². The molecule has 0 radical (unpaired) electrons. The molecule has 2 nitrogen and oxygen atoms in total. The second-order valence-electron chi connectivity index (χ2n) is 9.19. The average molecular weight is 361 g/mol. The molecule has 6 N–H and O–H groups in total. The average Bonchev–Trinajstić information content (AvgIpc) is 2.76. The maximum atomic E-state index is 4.52. The lowest BCUT2D eigenvalue weighted by Crippen LogP contribution is -3.00. The van der Waals surface area contributed by atoms with E-state index in [1.54, 1.807) is 5.57 Å². The van der Waals surface area contributed by atoms with Crippen LogP contribution in [0.5, 0.6) is 0 Å². The fourth-order valence-electron chi connectivity index (χ4n) is 6.85. The largest absolute Gasteiger partial charge is 1.00 e. The molecule has 3 saturated carbocycles. The van der Waals surface area contributed by atoms with Gasteiger partial charge in [-0.3, -0.25) is 0 Å². The molecule has 0 spiro atoms. The van der Waals surface area contributed by atoms with E-state index >= 15 is 0 Å². The van der Waals surface area contributed by atoms with Gasteiger partial charge in [0.2, 0.25) is 0 Å². The molecular weight excluding hydrogens is 327 g/mol. The predicted octanol–water partition coefficient (Wildman–Crippen LogP) is -3.82. The number of halogens is 2. The third-order valence-electron chi connectivity index (χ3n) is 8.40. The maximum Gasteiger partial charge on any atom is 0.0900 e. The van der Waals surface area contributed by atoms with Crippen LogP contribution in [-0.4, -0.2) is 12.1 Å². The molecule has 0 aromatic heterocycles. The molecule has 0 aliphatic heterocycles. The van der Waals surface area contributed by atoms with E-state index in [9.17, 15) is 0 Å². The van der Waals surface area contributed by atoms with Crippen LogP contribution in [0.1, 0.15) is 65.2 Å². The summed E-state index contributed by atoms with van der Waals surface area (Å²) in [6.45, 7) is 5.16. The lowest BCUT2D eigenvalue weighted by Gasteiger charge is -2.57. The van der Waals surface area contributed by atoms with Gasteiger partial charge in [0.25, 0.3) is 0 Å². The molecule has 0 amide bonds. The van der Waals surface area contributed by atoms with Crippen molar-refractivity contribution in [3.8, 4) is 0 Å². The number of fused-ring (bicyclic) bond motifs is 5. The summed E-state index contributed by atoms with van der Waals surface area (Å²) in [6, 6.07) is 1.38. The van der Waals surface area contributed by atoms with Gasteiger partial charge < -0.3 is 36.3 Å². The summed E-state index contributed by atoms with van der Waals surface area (Å²) in [5.41, 5.74) is 11.7. The zero-order valence-electron chi connectivity index (χ0n) is 14.8. The summed E-state index contributed by atoms with van der Waals surface area (Å²) in [4.78, 5) is 0. The number of allylic oxidation sites excluding steroid dienone is 1. The van der Waals surface area contributed by atoms with Crippen molar-refractivity contribution >= 4 is 0 Å². The summed E-state index contributed by atoms with van der Waals surface area (Å²) in [6.07, 6.45) is 13.7. The van der Waals surface area contributed by atoms with Crippen LogP contribution in [0.15, 0.2) is 11.6 Å². The molecule has 4 aliphatic rings. The fourth-order valence-corrected chi connectivity index (χ4v) is 6.85. The highest BCUT2D eigenvalue weighted by Crippen LogP contribution is 2.64. The molecular formula is C19H34Cl2N2. The first-order valence-corrected chi connectivity index (χ1v) is 9.31. The first-order valence-electron chi connectivity index (χ1n) is 9.31. The van der Waals surface area contributed by atoms with Crippen molar-refractivity contribution < 1.29 is 36.3 Å². The summed E-state index contributed by atoms with van der Waals surface area (Å²) >= 11 is 0. The van der Waals surface area contributed by atoms with E-state index in [4.69, 9.17) is 0 Å². The molecule has 3 fully saturated rings. The van der Waals surface area contributed by atoms with Crippen LogP contribution in [0, 0.1) is 28.6 Å². The molecule has 7 atom stereocenters. The van der Waals surface area contributed by atoms with Crippen LogP contribution in [0.25, 0.3) is 0 Å². The topological polar surface area (TPSA) is 55.3 Å². The molecule has 4 aliphatic carbocycles. The van der Waals surface area contributed by atoms with Crippen LogP contribution < -0.4 is 36.3 Å². The van der Waals surface area contributed by atoms with Gasteiger partial charge in [-0.2, -0.15) is 0 Å². The lowest BCUT2D eigenvalue weighted by atomic mass is 9.48. The zero-order chi connectivity index (χ0) is 14.8. The second-order valence-corrected chi connectivity index (χ2v) is 9.19. The second kappa shape index (κ2) is 6.52. The molecule has 4 heteroatoms. The van der Waals surface area contributed by atoms with Gasteiger partial charge in [0.15, 0.2) is 0 Å². The summed E-state index contributed by atoms with van der Waals surface area (Å²) in [5, 5.41) is 0. The highest BCUT2D eigenvalue weighted by molar-refractivity contribution is 5.25. The lowest BCUT2D eigenvalue weighted by molar-refractivity contribution is -0.445. The Morgan fingerprint density at radius 3 is 2.43 bits per heavy atom. The Balaban J connectivity index is 0.000000960. The molecule has 7 unspecified atom stereocenters. The Bertz CT molecular complexity index is 480. The van der Waals surface area contributed by atoms with Crippen molar-refractivity contribution in [1.29, 1.82) is 0 Å². The van der Waals surface area contributed by atoms with Crippen molar-refractivity contribution in [2.75, 3.05) is 0 Å². The van der Waals surface area contributed by atoms with Crippen molar-refractivity contribution in [2.24, 2.45) is 28.6 Å². The fraction of sp³-hybridized carbons (Fsp3) is 0.895. The first-order chi connectivity index (χ1) is 9.95. The first kappa shape index (κ1) is 19.6. The molecule has 23 heavy (non-hydrogen) atoms. The number of quaternary nitrogens is 2. The molecule has 0 bridgehead atoms. The highest BCUT2D eigenvalue weighted by Gasteiger charge is 2.59. The Hall–Kier alpha value is 0.240.